The Bertz CT molecular complexity index is 797. The Morgan fingerprint density at radius 1 is 1.14 bits per heavy atom. The van der Waals surface area contributed by atoms with Gasteiger partial charge in [0.2, 0.25) is 0 Å². The number of carbonyl (C=O) groups is 3. The van der Waals surface area contributed by atoms with Gasteiger partial charge < -0.3 is 25.0 Å². The molecular formula is C21H27N3O5. The fourth-order valence-corrected chi connectivity index (χ4v) is 3.56. The standard InChI is InChI=1S/C21H27N3O5/c1-3-28-20(26)18-14(2)22-21(27)23-19(18)15-7-9-16(10-8-15)29-13-17(25)24-11-5-4-6-12-24/h7-10,19H,3-6,11-13H2,1-2H3,(H2,22,23,27)/t19-/m0/s1. The highest BCUT2D eigenvalue weighted by Gasteiger charge is 2.32. The van der Waals surface area contributed by atoms with E-state index in [1.807, 2.05) is 4.90 Å². The van der Waals surface area contributed by atoms with E-state index in [0.29, 0.717) is 17.0 Å². The molecule has 3 rings (SSSR count). The molecule has 8 heteroatoms. The maximum absolute atomic E-state index is 12.4. The summed E-state index contributed by atoms with van der Waals surface area (Å²) < 4.78 is 10.8. The van der Waals surface area contributed by atoms with Gasteiger partial charge in [-0.3, -0.25) is 4.79 Å². The summed E-state index contributed by atoms with van der Waals surface area (Å²) in [4.78, 5) is 38.3. The Balaban J connectivity index is 1.67. The molecule has 0 spiro atoms. The molecule has 2 aliphatic rings. The number of rotatable bonds is 6. The number of hydrogen-bond donors (Lipinski definition) is 2. The summed E-state index contributed by atoms with van der Waals surface area (Å²) in [5, 5.41) is 5.36. The third kappa shape index (κ3) is 5.07. The molecule has 0 radical (unpaired) electrons. The summed E-state index contributed by atoms with van der Waals surface area (Å²) in [5.41, 5.74) is 1.54. The van der Waals surface area contributed by atoms with Crippen molar-refractivity contribution in [3.05, 3.63) is 41.1 Å². The number of carbonyl (C=O) groups excluding carboxylic acids is 3. The van der Waals surface area contributed by atoms with Gasteiger partial charge in [-0.2, -0.15) is 0 Å². The molecule has 2 aliphatic heterocycles. The SMILES string of the molecule is CCOC(=O)C1=C(C)NC(=O)N[C@H]1c1ccc(OCC(=O)N2CCCCC2)cc1. The maximum Gasteiger partial charge on any atom is 0.338 e. The lowest BCUT2D eigenvalue weighted by atomic mass is 9.95. The molecule has 0 bridgehead atoms. The van der Waals surface area contributed by atoms with E-state index in [-0.39, 0.29) is 25.2 Å². The highest BCUT2D eigenvalue weighted by atomic mass is 16.5. The molecule has 2 N–H and O–H groups in total. The van der Waals surface area contributed by atoms with Crippen LogP contribution in [-0.4, -0.2) is 49.1 Å². The van der Waals surface area contributed by atoms with Gasteiger partial charge in [-0.15, -0.1) is 0 Å². The minimum Gasteiger partial charge on any atom is -0.484 e. The molecule has 1 aromatic carbocycles. The zero-order valence-corrected chi connectivity index (χ0v) is 16.8. The van der Waals surface area contributed by atoms with Gasteiger partial charge in [-0.25, -0.2) is 9.59 Å². The van der Waals surface area contributed by atoms with Gasteiger partial charge in [0.05, 0.1) is 18.2 Å². The number of piperidine rings is 1. The van der Waals surface area contributed by atoms with Crippen LogP contribution in [0.5, 0.6) is 5.75 Å². The van der Waals surface area contributed by atoms with Gasteiger partial charge in [0.1, 0.15) is 5.75 Å². The average molecular weight is 401 g/mol. The Morgan fingerprint density at radius 2 is 1.83 bits per heavy atom. The van der Waals surface area contributed by atoms with Crippen molar-refractivity contribution in [2.24, 2.45) is 0 Å². The molecule has 29 heavy (non-hydrogen) atoms. The summed E-state index contributed by atoms with van der Waals surface area (Å²) in [6.07, 6.45) is 3.25. The van der Waals surface area contributed by atoms with Crippen LogP contribution in [0.4, 0.5) is 4.79 Å². The van der Waals surface area contributed by atoms with Crippen LogP contribution in [-0.2, 0) is 14.3 Å². The van der Waals surface area contributed by atoms with Crippen LogP contribution in [0, 0.1) is 0 Å². The van der Waals surface area contributed by atoms with Crippen molar-refractivity contribution in [3.63, 3.8) is 0 Å². The van der Waals surface area contributed by atoms with Gasteiger partial charge in [0, 0.05) is 18.8 Å². The number of urea groups is 1. The van der Waals surface area contributed by atoms with E-state index < -0.39 is 12.0 Å². The first-order chi connectivity index (χ1) is 14.0. The summed E-state index contributed by atoms with van der Waals surface area (Å²) in [6.45, 7) is 5.22. The second-order valence-electron chi connectivity index (χ2n) is 7.09. The fraction of sp³-hybridized carbons (Fsp3) is 0.476. The molecule has 1 atom stereocenters. The van der Waals surface area contributed by atoms with Crippen molar-refractivity contribution in [1.29, 1.82) is 0 Å². The molecule has 0 aliphatic carbocycles. The van der Waals surface area contributed by atoms with Crippen molar-refractivity contribution in [1.82, 2.24) is 15.5 Å². The van der Waals surface area contributed by atoms with E-state index >= 15 is 0 Å². The minimum absolute atomic E-state index is 0.00345. The van der Waals surface area contributed by atoms with E-state index in [4.69, 9.17) is 9.47 Å². The summed E-state index contributed by atoms with van der Waals surface area (Å²) in [6, 6.07) is 5.99. The third-order valence-electron chi connectivity index (χ3n) is 5.05. The van der Waals surface area contributed by atoms with E-state index in [9.17, 15) is 14.4 Å². The monoisotopic (exact) mass is 401 g/mol. The molecule has 156 valence electrons. The second-order valence-corrected chi connectivity index (χ2v) is 7.09. The van der Waals surface area contributed by atoms with Crippen LogP contribution < -0.4 is 15.4 Å². The van der Waals surface area contributed by atoms with Crippen molar-refractivity contribution in [2.75, 3.05) is 26.3 Å². The first-order valence-electron chi connectivity index (χ1n) is 9.95. The van der Waals surface area contributed by atoms with Crippen LogP contribution in [0.15, 0.2) is 35.5 Å². The topological polar surface area (TPSA) is 97.0 Å². The van der Waals surface area contributed by atoms with Gasteiger partial charge in [0.25, 0.3) is 5.91 Å². The average Bonchev–Trinajstić information content (AvgIpc) is 2.72. The van der Waals surface area contributed by atoms with Crippen LogP contribution in [0.3, 0.4) is 0 Å². The molecule has 0 aromatic heterocycles. The van der Waals surface area contributed by atoms with Crippen molar-refractivity contribution < 1.29 is 23.9 Å². The Kier molecular flexibility index (Phi) is 6.74. The molecular weight excluding hydrogens is 374 g/mol. The minimum atomic E-state index is -0.619. The lowest BCUT2D eigenvalue weighted by Gasteiger charge is -2.28. The predicted octanol–water partition coefficient (Wildman–Crippen LogP) is 2.27. The molecule has 2 heterocycles. The lowest BCUT2D eigenvalue weighted by Crippen LogP contribution is -2.45. The summed E-state index contributed by atoms with van der Waals surface area (Å²) in [7, 11) is 0. The van der Waals surface area contributed by atoms with Gasteiger partial charge >= 0.3 is 12.0 Å². The third-order valence-corrected chi connectivity index (χ3v) is 5.05. The van der Waals surface area contributed by atoms with Crippen LogP contribution in [0.2, 0.25) is 0 Å². The maximum atomic E-state index is 12.4. The Labute approximate surface area is 170 Å². The van der Waals surface area contributed by atoms with E-state index in [1.54, 1.807) is 38.1 Å². The molecule has 1 saturated heterocycles. The van der Waals surface area contributed by atoms with Gasteiger partial charge in [0.15, 0.2) is 6.61 Å². The summed E-state index contributed by atoms with van der Waals surface area (Å²) in [5.74, 6) is 0.0651. The molecule has 8 nitrogen and oxygen atoms in total. The fourth-order valence-electron chi connectivity index (χ4n) is 3.56. The van der Waals surface area contributed by atoms with Gasteiger partial charge in [-0.05, 0) is 50.8 Å². The van der Waals surface area contributed by atoms with E-state index in [2.05, 4.69) is 10.6 Å². The molecule has 1 aromatic rings. The molecule has 0 saturated carbocycles. The largest absolute Gasteiger partial charge is 0.484 e. The number of esters is 1. The number of amides is 3. The number of benzene rings is 1. The zero-order valence-electron chi connectivity index (χ0n) is 16.8. The predicted molar refractivity (Wildman–Crippen MR) is 106 cm³/mol. The lowest BCUT2D eigenvalue weighted by molar-refractivity contribution is -0.139. The quantitative estimate of drug-likeness (QED) is 0.713. The molecule has 0 unspecified atom stereocenters. The van der Waals surface area contributed by atoms with Crippen molar-refractivity contribution >= 4 is 17.9 Å². The van der Waals surface area contributed by atoms with E-state index in [0.717, 1.165) is 31.5 Å². The van der Waals surface area contributed by atoms with Crippen LogP contribution in [0.25, 0.3) is 0 Å². The number of likely N-dealkylation sites (tertiary alicyclic amines) is 1. The number of nitrogens with zero attached hydrogens (tertiary/aromatic N) is 1. The second kappa shape index (κ2) is 9.45. The highest BCUT2D eigenvalue weighted by Crippen LogP contribution is 2.28. The smallest absolute Gasteiger partial charge is 0.338 e. The normalized spacial score (nSPS) is 19.3. The summed E-state index contributed by atoms with van der Waals surface area (Å²) >= 11 is 0. The Hall–Kier alpha value is -3.03. The van der Waals surface area contributed by atoms with E-state index in [1.165, 1.54) is 6.42 Å². The van der Waals surface area contributed by atoms with Gasteiger partial charge in [-0.1, -0.05) is 12.1 Å². The number of allylic oxidation sites excluding steroid dienone is 1. The molecule has 1 fully saturated rings. The van der Waals surface area contributed by atoms with Crippen LogP contribution in [0.1, 0.15) is 44.7 Å². The first-order valence-corrected chi connectivity index (χ1v) is 9.95. The van der Waals surface area contributed by atoms with Crippen LogP contribution >= 0.6 is 0 Å². The van der Waals surface area contributed by atoms with Crippen molar-refractivity contribution in [2.45, 2.75) is 39.2 Å². The number of hydrogen-bond acceptors (Lipinski definition) is 5. The number of nitrogens with one attached hydrogen (secondary N) is 2. The molecule has 3 amide bonds. The first kappa shape index (κ1) is 20.7. The highest BCUT2D eigenvalue weighted by molar-refractivity contribution is 5.95. The van der Waals surface area contributed by atoms with Crippen molar-refractivity contribution in [3.8, 4) is 5.75 Å². The Morgan fingerprint density at radius 3 is 2.48 bits per heavy atom. The number of ether oxygens (including phenoxy) is 2. The zero-order chi connectivity index (χ0) is 20.8.